The molecule has 0 aromatic heterocycles. The number of carbonyl (C=O) groups excluding carboxylic acids is 1. The lowest BCUT2D eigenvalue weighted by atomic mass is 10.2. The summed E-state index contributed by atoms with van der Waals surface area (Å²) in [6, 6.07) is 5.88. The fraction of sp³-hybridized carbons (Fsp3) is 0.417. The molecule has 0 aliphatic carbocycles. The van der Waals surface area contributed by atoms with Gasteiger partial charge in [-0.15, -0.1) is 13.2 Å². The number of alkyl halides is 3. The van der Waals surface area contributed by atoms with Crippen LogP contribution in [0.1, 0.15) is 17.3 Å². The van der Waals surface area contributed by atoms with Crippen molar-refractivity contribution in [2.45, 2.75) is 13.3 Å². The molecule has 0 saturated carbocycles. The van der Waals surface area contributed by atoms with Crippen molar-refractivity contribution in [2.75, 3.05) is 19.8 Å². The number of rotatable bonds is 6. The van der Waals surface area contributed by atoms with E-state index >= 15 is 0 Å². The molecule has 0 heterocycles. The SMILES string of the molecule is CCOC(=O)c1ccc(OCCOC(F)(F)F)cc1. The van der Waals surface area contributed by atoms with Crippen LogP contribution in [0.5, 0.6) is 5.75 Å². The Morgan fingerprint density at radius 1 is 1.16 bits per heavy atom. The van der Waals surface area contributed by atoms with Crippen LogP contribution in [0.25, 0.3) is 0 Å². The number of hydrogen-bond donors (Lipinski definition) is 0. The maximum absolute atomic E-state index is 11.7. The summed E-state index contributed by atoms with van der Waals surface area (Å²) in [7, 11) is 0. The summed E-state index contributed by atoms with van der Waals surface area (Å²) in [4.78, 5) is 11.3. The minimum absolute atomic E-state index is 0.238. The molecule has 0 fully saturated rings. The minimum Gasteiger partial charge on any atom is -0.491 e. The topological polar surface area (TPSA) is 44.8 Å². The molecule has 7 heteroatoms. The molecule has 4 nitrogen and oxygen atoms in total. The van der Waals surface area contributed by atoms with Gasteiger partial charge in [0.25, 0.3) is 0 Å². The molecule has 0 N–H and O–H groups in total. The maximum Gasteiger partial charge on any atom is 0.522 e. The second-order valence-corrected chi connectivity index (χ2v) is 3.39. The predicted molar refractivity (Wildman–Crippen MR) is 59.9 cm³/mol. The summed E-state index contributed by atoms with van der Waals surface area (Å²) in [5.74, 6) is -0.117. The third kappa shape index (κ3) is 6.10. The summed E-state index contributed by atoms with van der Waals surface area (Å²) in [6.07, 6.45) is -4.66. The van der Waals surface area contributed by atoms with E-state index in [4.69, 9.17) is 9.47 Å². The maximum atomic E-state index is 11.7. The monoisotopic (exact) mass is 278 g/mol. The van der Waals surface area contributed by atoms with Crippen LogP contribution < -0.4 is 4.74 Å². The van der Waals surface area contributed by atoms with Gasteiger partial charge < -0.3 is 9.47 Å². The third-order valence-corrected chi connectivity index (χ3v) is 1.98. The average Bonchev–Trinajstić information content (AvgIpc) is 2.34. The van der Waals surface area contributed by atoms with Crippen molar-refractivity contribution in [1.82, 2.24) is 0 Å². The minimum atomic E-state index is -4.66. The van der Waals surface area contributed by atoms with Crippen LogP contribution in [-0.2, 0) is 9.47 Å². The van der Waals surface area contributed by atoms with Crippen molar-refractivity contribution >= 4 is 5.97 Å². The van der Waals surface area contributed by atoms with Gasteiger partial charge in [-0.1, -0.05) is 0 Å². The molecule has 0 amide bonds. The molecule has 0 radical (unpaired) electrons. The number of carbonyl (C=O) groups is 1. The quantitative estimate of drug-likeness (QED) is 0.593. The van der Waals surface area contributed by atoms with Crippen LogP contribution >= 0.6 is 0 Å². The van der Waals surface area contributed by atoms with Crippen molar-refractivity contribution in [3.05, 3.63) is 29.8 Å². The molecule has 0 aliphatic rings. The average molecular weight is 278 g/mol. The van der Waals surface area contributed by atoms with E-state index in [1.54, 1.807) is 6.92 Å². The van der Waals surface area contributed by atoms with Crippen molar-refractivity contribution in [3.63, 3.8) is 0 Å². The van der Waals surface area contributed by atoms with Gasteiger partial charge in [-0.05, 0) is 31.2 Å². The number of esters is 1. The summed E-state index contributed by atoms with van der Waals surface area (Å²) in [5, 5.41) is 0. The van der Waals surface area contributed by atoms with Gasteiger partial charge in [0.15, 0.2) is 0 Å². The van der Waals surface area contributed by atoms with Gasteiger partial charge in [-0.3, -0.25) is 4.74 Å². The van der Waals surface area contributed by atoms with Crippen LogP contribution in [0.3, 0.4) is 0 Å². The molecular formula is C12H13F3O4. The van der Waals surface area contributed by atoms with Gasteiger partial charge in [0.2, 0.25) is 0 Å². The highest BCUT2D eigenvalue weighted by Gasteiger charge is 2.28. The van der Waals surface area contributed by atoms with Crippen LogP contribution in [-0.4, -0.2) is 32.2 Å². The number of hydrogen-bond acceptors (Lipinski definition) is 4. The lowest BCUT2D eigenvalue weighted by Gasteiger charge is -2.09. The molecule has 106 valence electrons. The van der Waals surface area contributed by atoms with Crippen molar-refractivity contribution < 1.29 is 32.2 Å². The number of halogens is 3. The Morgan fingerprint density at radius 2 is 1.79 bits per heavy atom. The lowest BCUT2D eigenvalue weighted by Crippen LogP contribution is -2.18. The number of ether oxygens (including phenoxy) is 3. The Bertz CT molecular complexity index is 400. The first kappa shape index (κ1) is 15.3. The van der Waals surface area contributed by atoms with Gasteiger partial charge in [-0.25, -0.2) is 4.79 Å². The van der Waals surface area contributed by atoms with Crippen LogP contribution in [0.4, 0.5) is 13.2 Å². The largest absolute Gasteiger partial charge is 0.522 e. The second-order valence-electron chi connectivity index (χ2n) is 3.39. The zero-order chi connectivity index (χ0) is 14.3. The summed E-state index contributed by atoms with van der Waals surface area (Å²) in [6.45, 7) is 1.13. The fourth-order valence-electron chi connectivity index (χ4n) is 1.22. The first-order valence-electron chi connectivity index (χ1n) is 5.53. The van der Waals surface area contributed by atoms with Crippen molar-refractivity contribution in [2.24, 2.45) is 0 Å². The van der Waals surface area contributed by atoms with Gasteiger partial charge in [-0.2, -0.15) is 0 Å². The molecule has 0 unspecified atom stereocenters. The zero-order valence-corrected chi connectivity index (χ0v) is 10.2. The van der Waals surface area contributed by atoms with Gasteiger partial charge >= 0.3 is 12.3 Å². The highest BCUT2D eigenvalue weighted by Crippen LogP contribution is 2.16. The van der Waals surface area contributed by atoms with Crippen LogP contribution in [0, 0.1) is 0 Å². The van der Waals surface area contributed by atoms with E-state index in [1.165, 1.54) is 24.3 Å². The Hall–Kier alpha value is -1.76. The van der Waals surface area contributed by atoms with Gasteiger partial charge in [0.1, 0.15) is 12.4 Å². The smallest absolute Gasteiger partial charge is 0.491 e. The lowest BCUT2D eigenvalue weighted by molar-refractivity contribution is -0.325. The molecule has 0 spiro atoms. The zero-order valence-electron chi connectivity index (χ0n) is 10.2. The summed E-state index contributed by atoms with van der Waals surface area (Å²) in [5.41, 5.74) is 0.348. The van der Waals surface area contributed by atoms with Gasteiger partial charge in [0.05, 0.1) is 18.8 Å². The number of benzene rings is 1. The van der Waals surface area contributed by atoms with E-state index in [9.17, 15) is 18.0 Å². The Labute approximate surface area is 108 Å². The standard InChI is InChI=1S/C12H13F3O4/c1-2-17-11(16)9-3-5-10(6-4-9)18-7-8-19-12(13,14)15/h3-6H,2,7-8H2,1H3. The third-order valence-electron chi connectivity index (χ3n) is 1.98. The van der Waals surface area contributed by atoms with E-state index in [1.807, 2.05) is 0 Å². The van der Waals surface area contributed by atoms with Crippen molar-refractivity contribution in [1.29, 1.82) is 0 Å². The molecular weight excluding hydrogens is 265 g/mol. The van der Waals surface area contributed by atoms with Crippen LogP contribution in [0.15, 0.2) is 24.3 Å². The van der Waals surface area contributed by atoms with E-state index in [-0.39, 0.29) is 13.2 Å². The second kappa shape index (κ2) is 6.98. The van der Waals surface area contributed by atoms with Crippen LogP contribution in [0.2, 0.25) is 0 Å². The van der Waals surface area contributed by atoms with Crippen molar-refractivity contribution in [3.8, 4) is 5.75 Å². The molecule has 1 aromatic rings. The molecule has 1 rings (SSSR count). The normalized spacial score (nSPS) is 11.2. The predicted octanol–water partition coefficient (Wildman–Crippen LogP) is 2.78. The van der Waals surface area contributed by atoms with Gasteiger partial charge in [0, 0.05) is 0 Å². The van der Waals surface area contributed by atoms with E-state index < -0.39 is 18.9 Å². The molecule has 0 saturated heterocycles. The van der Waals surface area contributed by atoms with E-state index in [2.05, 4.69) is 4.74 Å². The Balaban J connectivity index is 2.38. The molecule has 0 atom stereocenters. The Morgan fingerprint density at radius 3 is 2.32 bits per heavy atom. The summed E-state index contributed by atoms with van der Waals surface area (Å²) < 4.78 is 48.3. The molecule has 1 aromatic carbocycles. The summed E-state index contributed by atoms with van der Waals surface area (Å²) >= 11 is 0. The Kier molecular flexibility index (Phi) is 5.62. The van der Waals surface area contributed by atoms with E-state index in [0.29, 0.717) is 11.3 Å². The highest BCUT2D eigenvalue weighted by molar-refractivity contribution is 5.89. The molecule has 0 aliphatic heterocycles. The molecule has 19 heavy (non-hydrogen) atoms. The first-order valence-corrected chi connectivity index (χ1v) is 5.53. The highest BCUT2D eigenvalue weighted by atomic mass is 19.4. The fourth-order valence-corrected chi connectivity index (χ4v) is 1.22. The first-order chi connectivity index (χ1) is 8.92. The molecule has 0 bridgehead atoms. The van der Waals surface area contributed by atoms with E-state index in [0.717, 1.165) is 0 Å².